The van der Waals surface area contributed by atoms with Gasteiger partial charge in [0.15, 0.2) is 0 Å². The monoisotopic (exact) mass is 292 g/mol. The summed E-state index contributed by atoms with van der Waals surface area (Å²) in [4.78, 5) is 8.30. The molecule has 0 atom stereocenters. The zero-order chi connectivity index (χ0) is 14.6. The second-order valence-electron chi connectivity index (χ2n) is 4.38. The third-order valence-corrected chi connectivity index (χ3v) is 4.51. The first-order valence-corrected chi connectivity index (χ1v) is 7.45. The lowest BCUT2D eigenvalue weighted by molar-refractivity contribution is 0.520. The quantitative estimate of drug-likeness (QED) is 0.900. The molecule has 0 saturated carbocycles. The average Bonchev–Trinajstić information content (AvgIpc) is 2.46. The summed E-state index contributed by atoms with van der Waals surface area (Å²) in [5.41, 5.74) is 1.03. The van der Waals surface area contributed by atoms with E-state index in [4.69, 9.17) is 0 Å². The van der Waals surface area contributed by atoms with E-state index in [1.165, 1.54) is 26.4 Å². The fourth-order valence-corrected chi connectivity index (χ4v) is 2.39. The van der Waals surface area contributed by atoms with Crippen molar-refractivity contribution in [3.63, 3.8) is 0 Å². The van der Waals surface area contributed by atoms with Crippen LogP contribution in [0.4, 0.5) is 5.82 Å². The van der Waals surface area contributed by atoms with Crippen LogP contribution in [0.5, 0.6) is 0 Å². The second-order valence-corrected chi connectivity index (χ2v) is 6.53. The van der Waals surface area contributed by atoms with Gasteiger partial charge in [-0.2, -0.15) is 0 Å². The Labute approximate surface area is 118 Å². The smallest absolute Gasteiger partial charge is 0.244 e. The van der Waals surface area contributed by atoms with Crippen molar-refractivity contribution in [2.75, 3.05) is 19.4 Å². The Balaban J connectivity index is 2.06. The SMILES string of the molecule is CN(C)S(=O)(=O)c1ccc(NCc2cccnc2)nc1. The molecule has 0 aliphatic rings. The molecular weight excluding hydrogens is 276 g/mol. The van der Waals surface area contributed by atoms with Gasteiger partial charge in [0.05, 0.1) is 0 Å². The summed E-state index contributed by atoms with van der Waals surface area (Å²) >= 11 is 0. The molecule has 0 spiro atoms. The Kier molecular flexibility index (Phi) is 4.31. The first kappa shape index (κ1) is 14.4. The maximum atomic E-state index is 11.9. The van der Waals surface area contributed by atoms with Gasteiger partial charge in [-0.05, 0) is 23.8 Å². The predicted octanol–water partition coefficient (Wildman–Crippen LogP) is 1.34. The Morgan fingerprint density at radius 1 is 1.20 bits per heavy atom. The van der Waals surface area contributed by atoms with Gasteiger partial charge in [0.1, 0.15) is 10.7 Å². The van der Waals surface area contributed by atoms with Gasteiger partial charge in [0.2, 0.25) is 10.0 Å². The summed E-state index contributed by atoms with van der Waals surface area (Å²) in [6.45, 7) is 0.584. The van der Waals surface area contributed by atoms with Gasteiger partial charge in [0, 0.05) is 39.2 Å². The maximum absolute atomic E-state index is 11.9. The number of anilines is 1. The number of nitrogens with zero attached hydrogens (tertiary/aromatic N) is 3. The van der Waals surface area contributed by atoms with E-state index >= 15 is 0 Å². The molecule has 6 nitrogen and oxygen atoms in total. The van der Waals surface area contributed by atoms with Crippen LogP contribution in [-0.4, -0.2) is 36.8 Å². The van der Waals surface area contributed by atoms with E-state index in [9.17, 15) is 8.42 Å². The molecule has 0 aliphatic carbocycles. The first-order valence-electron chi connectivity index (χ1n) is 6.01. The third-order valence-electron chi connectivity index (χ3n) is 2.71. The van der Waals surface area contributed by atoms with Crippen molar-refractivity contribution in [1.82, 2.24) is 14.3 Å². The van der Waals surface area contributed by atoms with E-state index in [0.29, 0.717) is 12.4 Å². The minimum atomic E-state index is -3.43. The van der Waals surface area contributed by atoms with Crippen LogP contribution in [0.1, 0.15) is 5.56 Å². The molecule has 0 radical (unpaired) electrons. The number of aromatic nitrogens is 2. The molecule has 0 amide bonds. The largest absolute Gasteiger partial charge is 0.366 e. The fourth-order valence-electron chi connectivity index (χ4n) is 1.54. The molecule has 0 aromatic carbocycles. The number of rotatable bonds is 5. The van der Waals surface area contributed by atoms with Crippen LogP contribution >= 0.6 is 0 Å². The van der Waals surface area contributed by atoms with Crippen LogP contribution in [-0.2, 0) is 16.6 Å². The topological polar surface area (TPSA) is 75.2 Å². The lowest BCUT2D eigenvalue weighted by Crippen LogP contribution is -2.22. The Hall–Kier alpha value is -1.99. The lowest BCUT2D eigenvalue weighted by Gasteiger charge is -2.11. The molecule has 7 heteroatoms. The van der Waals surface area contributed by atoms with Gasteiger partial charge in [-0.1, -0.05) is 6.07 Å². The van der Waals surface area contributed by atoms with Gasteiger partial charge < -0.3 is 5.32 Å². The molecule has 20 heavy (non-hydrogen) atoms. The van der Waals surface area contributed by atoms with Crippen LogP contribution in [0.15, 0.2) is 47.8 Å². The Bertz CT molecular complexity index is 655. The number of hydrogen-bond acceptors (Lipinski definition) is 5. The summed E-state index contributed by atoms with van der Waals surface area (Å²) in [6, 6.07) is 6.99. The highest BCUT2D eigenvalue weighted by molar-refractivity contribution is 7.89. The zero-order valence-electron chi connectivity index (χ0n) is 11.3. The highest BCUT2D eigenvalue weighted by Gasteiger charge is 2.17. The highest BCUT2D eigenvalue weighted by atomic mass is 32.2. The van der Waals surface area contributed by atoms with Crippen molar-refractivity contribution in [3.8, 4) is 0 Å². The number of nitrogens with one attached hydrogen (secondary N) is 1. The van der Waals surface area contributed by atoms with Crippen molar-refractivity contribution in [2.24, 2.45) is 0 Å². The summed E-state index contributed by atoms with van der Waals surface area (Å²) in [5.74, 6) is 0.617. The second kappa shape index (κ2) is 5.98. The Morgan fingerprint density at radius 2 is 2.00 bits per heavy atom. The fraction of sp³-hybridized carbons (Fsp3) is 0.231. The number of hydrogen-bond donors (Lipinski definition) is 1. The lowest BCUT2D eigenvalue weighted by atomic mass is 10.3. The third kappa shape index (κ3) is 3.31. The van der Waals surface area contributed by atoms with Crippen molar-refractivity contribution < 1.29 is 8.42 Å². The van der Waals surface area contributed by atoms with Crippen LogP contribution in [0, 0.1) is 0 Å². The molecule has 0 unspecified atom stereocenters. The first-order chi connectivity index (χ1) is 9.50. The van der Waals surface area contributed by atoms with E-state index in [2.05, 4.69) is 15.3 Å². The molecule has 2 aromatic rings. The van der Waals surface area contributed by atoms with Crippen LogP contribution in [0.3, 0.4) is 0 Å². The predicted molar refractivity (Wildman–Crippen MR) is 76.7 cm³/mol. The van der Waals surface area contributed by atoms with E-state index < -0.39 is 10.0 Å². The molecule has 0 fully saturated rings. The summed E-state index contributed by atoms with van der Waals surface area (Å²) < 4.78 is 24.9. The molecule has 2 rings (SSSR count). The van der Waals surface area contributed by atoms with Gasteiger partial charge in [-0.25, -0.2) is 17.7 Å². The van der Waals surface area contributed by atoms with Crippen LogP contribution in [0.25, 0.3) is 0 Å². The molecule has 2 aromatic heterocycles. The maximum Gasteiger partial charge on any atom is 0.244 e. The number of pyridine rings is 2. The van der Waals surface area contributed by atoms with Crippen LogP contribution in [0.2, 0.25) is 0 Å². The normalized spacial score (nSPS) is 11.6. The van der Waals surface area contributed by atoms with Gasteiger partial charge in [0.25, 0.3) is 0 Å². The highest BCUT2D eigenvalue weighted by Crippen LogP contribution is 2.14. The van der Waals surface area contributed by atoms with E-state index in [-0.39, 0.29) is 4.90 Å². The summed E-state index contributed by atoms with van der Waals surface area (Å²) in [7, 11) is -0.448. The molecule has 0 bridgehead atoms. The van der Waals surface area contributed by atoms with Gasteiger partial charge in [-0.15, -0.1) is 0 Å². The average molecular weight is 292 g/mol. The zero-order valence-corrected chi connectivity index (χ0v) is 12.1. The molecule has 1 N–H and O–H groups in total. The molecular formula is C13H16N4O2S. The molecule has 2 heterocycles. The van der Waals surface area contributed by atoms with Crippen LogP contribution < -0.4 is 5.32 Å². The van der Waals surface area contributed by atoms with Crippen molar-refractivity contribution in [1.29, 1.82) is 0 Å². The van der Waals surface area contributed by atoms with E-state index in [1.807, 2.05) is 12.1 Å². The van der Waals surface area contributed by atoms with Gasteiger partial charge in [-0.3, -0.25) is 4.98 Å². The Morgan fingerprint density at radius 3 is 2.55 bits per heavy atom. The van der Waals surface area contributed by atoms with E-state index in [0.717, 1.165) is 9.87 Å². The summed E-state index contributed by atoms with van der Waals surface area (Å²) in [5, 5.41) is 3.11. The molecule has 0 aliphatic heterocycles. The van der Waals surface area contributed by atoms with Gasteiger partial charge >= 0.3 is 0 Å². The van der Waals surface area contributed by atoms with Crippen molar-refractivity contribution in [3.05, 3.63) is 48.4 Å². The van der Waals surface area contributed by atoms with E-state index in [1.54, 1.807) is 18.5 Å². The van der Waals surface area contributed by atoms with Crippen molar-refractivity contribution >= 4 is 15.8 Å². The number of sulfonamides is 1. The van der Waals surface area contributed by atoms with Crippen molar-refractivity contribution in [2.45, 2.75) is 11.4 Å². The standard InChI is InChI=1S/C13H16N4O2S/c1-17(2)20(18,19)12-5-6-13(16-10-12)15-9-11-4-3-7-14-8-11/h3-8,10H,9H2,1-2H3,(H,15,16). The molecule has 0 saturated heterocycles. The minimum Gasteiger partial charge on any atom is -0.366 e. The molecule has 106 valence electrons. The minimum absolute atomic E-state index is 0.175. The summed E-state index contributed by atoms with van der Waals surface area (Å²) in [6.07, 6.45) is 4.82.